The number of fused-ring (bicyclic) bond motifs is 1. The van der Waals surface area contributed by atoms with Gasteiger partial charge in [-0.2, -0.15) is 0 Å². The van der Waals surface area contributed by atoms with Crippen LogP contribution in [-0.4, -0.2) is 29.8 Å². The van der Waals surface area contributed by atoms with Gasteiger partial charge in [-0.3, -0.25) is 0 Å². The number of nitrogens with zero attached hydrogens (tertiary/aromatic N) is 1. The summed E-state index contributed by atoms with van der Waals surface area (Å²) in [5.74, 6) is 0.225. The molecule has 0 unspecified atom stereocenters. The highest BCUT2D eigenvalue weighted by Crippen LogP contribution is 2.40. The Morgan fingerprint density at radius 1 is 1.21 bits per heavy atom. The molecule has 0 aliphatic heterocycles. The molecular formula is C22H22BrNO4. The zero-order valence-electron chi connectivity index (χ0n) is 16.1. The minimum absolute atomic E-state index is 0.224. The number of ether oxygens (including phenoxy) is 2. The summed E-state index contributed by atoms with van der Waals surface area (Å²) >= 11 is 3.55. The van der Waals surface area contributed by atoms with Crippen LogP contribution in [-0.2, 0) is 0 Å². The maximum absolute atomic E-state index is 11.8. The Hall–Kier alpha value is -2.60. The Bertz CT molecular complexity index is 1030. The zero-order chi connectivity index (χ0) is 20.3. The van der Waals surface area contributed by atoms with Gasteiger partial charge in [-0.05, 0) is 59.6 Å². The molecule has 3 aromatic rings. The predicted octanol–water partition coefficient (Wildman–Crippen LogP) is 5.86. The van der Waals surface area contributed by atoms with Crippen molar-refractivity contribution in [2.45, 2.75) is 26.7 Å². The maximum Gasteiger partial charge on any atom is 0.336 e. The second-order valence-corrected chi connectivity index (χ2v) is 7.43. The lowest BCUT2D eigenvalue weighted by Gasteiger charge is -2.15. The van der Waals surface area contributed by atoms with Gasteiger partial charge in [0.05, 0.1) is 35.0 Å². The maximum atomic E-state index is 11.8. The topological polar surface area (TPSA) is 68.7 Å². The van der Waals surface area contributed by atoms with Gasteiger partial charge in [0.2, 0.25) is 0 Å². The Labute approximate surface area is 172 Å². The molecule has 0 atom stereocenters. The van der Waals surface area contributed by atoms with E-state index in [2.05, 4.69) is 27.8 Å². The molecule has 1 heterocycles. The molecule has 0 radical (unpaired) electrons. The summed E-state index contributed by atoms with van der Waals surface area (Å²) in [6.45, 7) is 4.63. The molecule has 2 aromatic carbocycles. The van der Waals surface area contributed by atoms with E-state index in [4.69, 9.17) is 9.47 Å². The van der Waals surface area contributed by atoms with Crippen LogP contribution in [0.1, 0.15) is 35.7 Å². The SMILES string of the molecule is CCCCOc1c(Br)cc(-c2cc(C(=O)O)c3cc(C)ccc3n2)cc1OC. The highest BCUT2D eigenvalue weighted by atomic mass is 79.9. The molecule has 3 rings (SSSR count). The van der Waals surface area contributed by atoms with Crippen molar-refractivity contribution in [1.29, 1.82) is 0 Å². The molecule has 0 fully saturated rings. The molecular weight excluding hydrogens is 422 g/mol. The van der Waals surface area contributed by atoms with Gasteiger partial charge in [-0.15, -0.1) is 0 Å². The number of halogens is 1. The number of pyridine rings is 1. The Balaban J connectivity index is 2.12. The van der Waals surface area contributed by atoms with Crippen molar-refractivity contribution in [3.8, 4) is 22.8 Å². The third kappa shape index (κ3) is 4.12. The van der Waals surface area contributed by atoms with E-state index in [9.17, 15) is 9.90 Å². The molecule has 0 aliphatic carbocycles. The third-order valence-electron chi connectivity index (χ3n) is 4.46. The first-order chi connectivity index (χ1) is 13.4. The van der Waals surface area contributed by atoms with Crippen LogP contribution in [0.4, 0.5) is 0 Å². The normalized spacial score (nSPS) is 10.9. The van der Waals surface area contributed by atoms with Crippen molar-refractivity contribution < 1.29 is 19.4 Å². The molecule has 0 spiro atoms. The van der Waals surface area contributed by atoms with Gasteiger partial charge in [0.15, 0.2) is 11.5 Å². The summed E-state index contributed by atoms with van der Waals surface area (Å²) in [6.07, 6.45) is 1.99. The number of methoxy groups -OCH3 is 1. The number of carboxylic acids is 1. The van der Waals surface area contributed by atoms with E-state index < -0.39 is 5.97 Å². The first kappa shape index (κ1) is 20.1. The Morgan fingerprint density at radius 3 is 2.68 bits per heavy atom. The number of rotatable bonds is 7. The number of benzene rings is 2. The number of aromatic nitrogens is 1. The molecule has 0 saturated heterocycles. The van der Waals surface area contributed by atoms with Crippen LogP contribution < -0.4 is 9.47 Å². The molecule has 28 heavy (non-hydrogen) atoms. The number of aryl methyl sites for hydroxylation is 1. The lowest BCUT2D eigenvalue weighted by atomic mass is 10.0. The van der Waals surface area contributed by atoms with Crippen molar-refractivity contribution in [3.05, 3.63) is 52.0 Å². The molecule has 1 aromatic heterocycles. The number of aromatic carboxylic acids is 1. The van der Waals surface area contributed by atoms with Crippen LogP contribution in [0, 0.1) is 6.92 Å². The van der Waals surface area contributed by atoms with Crippen LogP contribution >= 0.6 is 15.9 Å². The minimum Gasteiger partial charge on any atom is -0.493 e. The largest absolute Gasteiger partial charge is 0.493 e. The number of unbranched alkanes of at least 4 members (excludes halogenated alkanes) is 1. The summed E-state index contributed by atoms with van der Waals surface area (Å²) in [4.78, 5) is 16.5. The number of carbonyl (C=O) groups is 1. The first-order valence-electron chi connectivity index (χ1n) is 9.10. The number of hydrogen-bond donors (Lipinski definition) is 1. The number of hydrogen-bond acceptors (Lipinski definition) is 4. The van der Waals surface area contributed by atoms with Gasteiger partial charge >= 0.3 is 5.97 Å². The molecule has 6 heteroatoms. The monoisotopic (exact) mass is 443 g/mol. The molecule has 0 bridgehead atoms. The van der Waals surface area contributed by atoms with Crippen molar-refractivity contribution in [2.75, 3.05) is 13.7 Å². The fourth-order valence-corrected chi connectivity index (χ4v) is 3.55. The van der Waals surface area contributed by atoms with Gasteiger partial charge in [0.25, 0.3) is 0 Å². The van der Waals surface area contributed by atoms with Crippen molar-refractivity contribution in [2.24, 2.45) is 0 Å². The number of carboxylic acid groups (broad SMARTS) is 1. The summed E-state index contributed by atoms with van der Waals surface area (Å²) in [5, 5.41) is 10.3. The van der Waals surface area contributed by atoms with Crippen molar-refractivity contribution in [3.63, 3.8) is 0 Å². The lowest BCUT2D eigenvalue weighted by Crippen LogP contribution is -2.02. The van der Waals surface area contributed by atoms with Crippen LogP contribution in [0.2, 0.25) is 0 Å². The second kappa shape index (κ2) is 8.61. The van der Waals surface area contributed by atoms with E-state index in [0.717, 1.165) is 28.4 Å². The standard InChI is InChI=1S/C22H22BrNO4/c1-4-5-8-28-21-17(23)10-14(11-20(21)27-3)19-12-16(22(25)26)15-9-13(2)6-7-18(15)24-19/h6-7,9-12H,4-5,8H2,1-3H3,(H,25,26). The molecule has 146 valence electrons. The quantitative estimate of drug-likeness (QED) is 0.463. The van der Waals surface area contributed by atoms with E-state index in [0.29, 0.717) is 34.7 Å². The lowest BCUT2D eigenvalue weighted by molar-refractivity contribution is 0.0699. The highest BCUT2D eigenvalue weighted by molar-refractivity contribution is 9.10. The van der Waals surface area contributed by atoms with Gasteiger partial charge in [0.1, 0.15) is 0 Å². The van der Waals surface area contributed by atoms with Gasteiger partial charge < -0.3 is 14.6 Å². The van der Waals surface area contributed by atoms with Crippen LogP contribution in [0.15, 0.2) is 40.9 Å². The molecule has 1 N–H and O–H groups in total. The minimum atomic E-state index is -0.982. The molecule has 5 nitrogen and oxygen atoms in total. The van der Waals surface area contributed by atoms with E-state index >= 15 is 0 Å². The van der Waals surface area contributed by atoms with Gasteiger partial charge in [-0.25, -0.2) is 9.78 Å². The van der Waals surface area contributed by atoms with Crippen molar-refractivity contribution >= 4 is 32.8 Å². The Kier molecular flexibility index (Phi) is 6.19. The van der Waals surface area contributed by atoms with E-state index in [1.54, 1.807) is 13.2 Å². The summed E-state index contributed by atoms with van der Waals surface area (Å²) in [6, 6.07) is 10.9. The fourth-order valence-electron chi connectivity index (χ4n) is 2.99. The fraction of sp³-hybridized carbons (Fsp3) is 0.273. The second-order valence-electron chi connectivity index (χ2n) is 6.57. The smallest absolute Gasteiger partial charge is 0.336 e. The molecule has 0 aliphatic rings. The first-order valence-corrected chi connectivity index (χ1v) is 9.89. The summed E-state index contributed by atoms with van der Waals surface area (Å²) in [5.41, 5.74) is 3.16. The average Bonchev–Trinajstić information content (AvgIpc) is 2.68. The highest BCUT2D eigenvalue weighted by Gasteiger charge is 2.17. The molecule has 0 amide bonds. The van der Waals surface area contributed by atoms with Crippen molar-refractivity contribution in [1.82, 2.24) is 4.98 Å². The van der Waals surface area contributed by atoms with Gasteiger partial charge in [0, 0.05) is 10.9 Å². The van der Waals surface area contributed by atoms with E-state index in [1.165, 1.54) is 0 Å². The third-order valence-corrected chi connectivity index (χ3v) is 5.05. The molecule has 0 saturated carbocycles. The van der Waals surface area contributed by atoms with Crippen LogP contribution in [0.3, 0.4) is 0 Å². The van der Waals surface area contributed by atoms with Crippen LogP contribution in [0.25, 0.3) is 22.2 Å². The summed E-state index contributed by atoms with van der Waals surface area (Å²) < 4.78 is 12.1. The predicted molar refractivity (Wildman–Crippen MR) is 114 cm³/mol. The van der Waals surface area contributed by atoms with Crippen LogP contribution in [0.5, 0.6) is 11.5 Å². The zero-order valence-corrected chi connectivity index (χ0v) is 17.7. The van der Waals surface area contributed by atoms with E-state index in [1.807, 2.05) is 37.3 Å². The Morgan fingerprint density at radius 2 is 2.00 bits per heavy atom. The van der Waals surface area contributed by atoms with Gasteiger partial charge in [-0.1, -0.05) is 25.0 Å². The average molecular weight is 444 g/mol. The summed E-state index contributed by atoms with van der Waals surface area (Å²) in [7, 11) is 1.58. The van der Waals surface area contributed by atoms with E-state index in [-0.39, 0.29) is 5.56 Å².